The Hall–Kier alpha value is -1.16. The highest BCUT2D eigenvalue weighted by Gasteiger charge is 2.23. The third kappa shape index (κ3) is 7.16. The Labute approximate surface area is 146 Å². The van der Waals surface area contributed by atoms with Gasteiger partial charge in [-0.15, -0.1) is 0 Å². The van der Waals surface area contributed by atoms with Gasteiger partial charge in [0.25, 0.3) is 0 Å². The lowest BCUT2D eigenvalue weighted by Gasteiger charge is -2.30. The first-order valence-corrected chi connectivity index (χ1v) is 9.40. The van der Waals surface area contributed by atoms with Gasteiger partial charge in [-0.05, 0) is 43.6 Å². The van der Waals surface area contributed by atoms with Gasteiger partial charge >= 0.3 is 0 Å². The number of hydrogen-bond donors (Lipinski definition) is 2. The number of benzene rings is 1. The van der Waals surface area contributed by atoms with Crippen LogP contribution in [0.3, 0.4) is 0 Å². The molecular weight excluding hydrogens is 300 g/mol. The van der Waals surface area contributed by atoms with Crippen molar-refractivity contribution in [3.05, 3.63) is 48.0 Å². The SMILES string of the molecule is OCCC[C@H](O)/C=C/C[C@H](OCc1ccccc1)C1CCCCC1. The highest BCUT2D eigenvalue weighted by Crippen LogP contribution is 2.30. The molecule has 1 saturated carbocycles. The van der Waals surface area contributed by atoms with Crippen LogP contribution in [-0.4, -0.2) is 29.0 Å². The van der Waals surface area contributed by atoms with Crippen molar-refractivity contribution in [1.82, 2.24) is 0 Å². The van der Waals surface area contributed by atoms with E-state index in [1.807, 2.05) is 24.3 Å². The smallest absolute Gasteiger partial charge is 0.0721 e. The van der Waals surface area contributed by atoms with Crippen molar-refractivity contribution in [2.45, 2.75) is 70.2 Å². The summed E-state index contributed by atoms with van der Waals surface area (Å²) in [4.78, 5) is 0. The number of rotatable bonds is 10. The van der Waals surface area contributed by atoms with Gasteiger partial charge in [0, 0.05) is 6.61 Å². The van der Waals surface area contributed by atoms with Gasteiger partial charge in [-0.3, -0.25) is 0 Å². The van der Waals surface area contributed by atoms with Gasteiger partial charge in [-0.25, -0.2) is 0 Å². The normalized spacial score (nSPS) is 18.8. The lowest BCUT2D eigenvalue weighted by molar-refractivity contribution is -0.00828. The van der Waals surface area contributed by atoms with E-state index in [9.17, 15) is 5.11 Å². The first-order valence-electron chi connectivity index (χ1n) is 9.40. The molecule has 0 bridgehead atoms. The van der Waals surface area contributed by atoms with Crippen LogP contribution in [-0.2, 0) is 11.3 Å². The summed E-state index contributed by atoms with van der Waals surface area (Å²) in [6.07, 6.45) is 12.3. The minimum atomic E-state index is -0.460. The summed E-state index contributed by atoms with van der Waals surface area (Å²) in [5, 5.41) is 18.7. The van der Waals surface area contributed by atoms with Gasteiger partial charge in [0.1, 0.15) is 0 Å². The molecule has 0 spiro atoms. The molecule has 3 heteroatoms. The molecule has 1 aromatic carbocycles. The van der Waals surface area contributed by atoms with E-state index in [-0.39, 0.29) is 12.7 Å². The predicted molar refractivity (Wildman–Crippen MR) is 97.7 cm³/mol. The lowest BCUT2D eigenvalue weighted by Crippen LogP contribution is -2.25. The van der Waals surface area contributed by atoms with E-state index in [2.05, 4.69) is 18.2 Å². The molecular formula is C21H32O3. The van der Waals surface area contributed by atoms with Crippen molar-refractivity contribution in [2.24, 2.45) is 5.92 Å². The summed E-state index contributed by atoms with van der Waals surface area (Å²) in [5.41, 5.74) is 1.21. The standard InChI is InChI=1S/C21H32O3/c22-16-8-14-20(23)13-7-15-21(19-11-5-2-6-12-19)24-17-18-9-3-1-4-10-18/h1,3-4,7,9-10,13,19-23H,2,5-6,8,11-12,14-17H2/b13-7+/t20-,21+/m1/s1. The molecule has 2 rings (SSSR count). The number of aliphatic hydroxyl groups is 2. The maximum atomic E-state index is 9.87. The molecule has 1 fully saturated rings. The Morgan fingerprint density at radius 2 is 1.88 bits per heavy atom. The van der Waals surface area contributed by atoms with E-state index in [1.165, 1.54) is 37.7 Å². The van der Waals surface area contributed by atoms with Gasteiger partial charge in [0.05, 0.1) is 18.8 Å². The predicted octanol–water partition coefficient (Wildman–Crippen LogP) is 4.23. The van der Waals surface area contributed by atoms with Crippen LogP contribution in [0.5, 0.6) is 0 Å². The fraction of sp³-hybridized carbons (Fsp3) is 0.619. The first kappa shape index (κ1) is 19.2. The Balaban J connectivity index is 1.86. The van der Waals surface area contributed by atoms with Crippen LogP contribution < -0.4 is 0 Å². The molecule has 0 unspecified atom stereocenters. The van der Waals surface area contributed by atoms with Crippen LogP contribution in [0.1, 0.15) is 56.9 Å². The second kappa shape index (κ2) is 11.4. The quantitative estimate of drug-likeness (QED) is 0.630. The van der Waals surface area contributed by atoms with E-state index < -0.39 is 6.10 Å². The maximum Gasteiger partial charge on any atom is 0.0721 e. The second-order valence-corrected chi connectivity index (χ2v) is 6.83. The molecule has 1 aromatic rings. The molecule has 0 heterocycles. The molecule has 2 atom stereocenters. The van der Waals surface area contributed by atoms with E-state index >= 15 is 0 Å². The van der Waals surface area contributed by atoms with Crippen LogP contribution in [0.25, 0.3) is 0 Å². The van der Waals surface area contributed by atoms with Gasteiger partial charge in [-0.1, -0.05) is 61.7 Å². The van der Waals surface area contributed by atoms with Crippen molar-refractivity contribution >= 4 is 0 Å². The minimum Gasteiger partial charge on any atom is -0.396 e. The Morgan fingerprint density at radius 3 is 2.58 bits per heavy atom. The zero-order chi connectivity index (χ0) is 17.0. The van der Waals surface area contributed by atoms with E-state index in [1.54, 1.807) is 0 Å². The molecule has 134 valence electrons. The zero-order valence-corrected chi connectivity index (χ0v) is 14.6. The van der Waals surface area contributed by atoms with E-state index in [0.717, 1.165) is 6.42 Å². The molecule has 1 aliphatic carbocycles. The van der Waals surface area contributed by atoms with E-state index in [0.29, 0.717) is 25.4 Å². The van der Waals surface area contributed by atoms with Crippen molar-refractivity contribution in [3.8, 4) is 0 Å². The number of aliphatic hydroxyl groups excluding tert-OH is 2. The van der Waals surface area contributed by atoms with Crippen LogP contribution >= 0.6 is 0 Å². The third-order valence-electron chi connectivity index (χ3n) is 4.87. The molecule has 1 aliphatic rings. The Morgan fingerprint density at radius 1 is 1.12 bits per heavy atom. The molecule has 24 heavy (non-hydrogen) atoms. The number of ether oxygens (including phenoxy) is 1. The zero-order valence-electron chi connectivity index (χ0n) is 14.6. The molecule has 0 saturated heterocycles. The topological polar surface area (TPSA) is 49.7 Å². The summed E-state index contributed by atoms with van der Waals surface area (Å²) in [6.45, 7) is 0.790. The largest absolute Gasteiger partial charge is 0.396 e. The van der Waals surface area contributed by atoms with Crippen molar-refractivity contribution < 1.29 is 14.9 Å². The monoisotopic (exact) mass is 332 g/mol. The summed E-state index contributed by atoms with van der Waals surface area (Å²) >= 11 is 0. The molecule has 0 amide bonds. The average molecular weight is 332 g/mol. The molecule has 0 radical (unpaired) electrons. The summed E-state index contributed by atoms with van der Waals surface area (Å²) in [7, 11) is 0. The van der Waals surface area contributed by atoms with Crippen LogP contribution in [0, 0.1) is 5.92 Å². The molecule has 2 N–H and O–H groups in total. The fourth-order valence-electron chi connectivity index (χ4n) is 3.45. The molecule has 0 aromatic heterocycles. The van der Waals surface area contributed by atoms with Gasteiger partial charge < -0.3 is 14.9 Å². The first-order chi connectivity index (χ1) is 11.8. The third-order valence-corrected chi connectivity index (χ3v) is 4.87. The highest BCUT2D eigenvalue weighted by atomic mass is 16.5. The summed E-state index contributed by atoms with van der Waals surface area (Å²) in [6, 6.07) is 10.3. The summed E-state index contributed by atoms with van der Waals surface area (Å²) in [5.74, 6) is 0.627. The molecule has 3 nitrogen and oxygen atoms in total. The van der Waals surface area contributed by atoms with Gasteiger partial charge in [0.2, 0.25) is 0 Å². The lowest BCUT2D eigenvalue weighted by atomic mass is 9.84. The fourth-order valence-corrected chi connectivity index (χ4v) is 3.45. The van der Waals surface area contributed by atoms with Gasteiger partial charge in [-0.2, -0.15) is 0 Å². The second-order valence-electron chi connectivity index (χ2n) is 6.83. The van der Waals surface area contributed by atoms with Gasteiger partial charge in [0.15, 0.2) is 0 Å². The van der Waals surface area contributed by atoms with Crippen LogP contribution in [0.15, 0.2) is 42.5 Å². The van der Waals surface area contributed by atoms with Crippen molar-refractivity contribution in [2.75, 3.05) is 6.61 Å². The number of hydrogen-bond acceptors (Lipinski definition) is 3. The van der Waals surface area contributed by atoms with Crippen LogP contribution in [0.2, 0.25) is 0 Å². The Bertz CT molecular complexity index is 451. The highest BCUT2D eigenvalue weighted by molar-refractivity contribution is 5.13. The van der Waals surface area contributed by atoms with Crippen LogP contribution in [0.4, 0.5) is 0 Å². The molecule has 0 aliphatic heterocycles. The van der Waals surface area contributed by atoms with E-state index in [4.69, 9.17) is 9.84 Å². The average Bonchev–Trinajstić information content (AvgIpc) is 2.64. The minimum absolute atomic E-state index is 0.135. The maximum absolute atomic E-state index is 9.87. The van der Waals surface area contributed by atoms with Crippen molar-refractivity contribution in [1.29, 1.82) is 0 Å². The summed E-state index contributed by atoms with van der Waals surface area (Å²) < 4.78 is 6.26. The Kier molecular flexibility index (Phi) is 9.11. The van der Waals surface area contributed by atoms with Crippen molar-refractivity contribution in [3.63, 3.8) is 0 Å².